The summed E-state index contributed by atoms with van der Waals surface area (Å²) in [6, 6.07) is 10.5. The number of phenols is 1. The van der Waals surface area contributed by atoms with E-state index in [-0.39, 0.29) is 44.5 Å². The van der Waals surface area contributed by atoms with Gasteiger partial charge in [-0.05, 0) is 48.4 Å². The largest absolute Gasteiger partial charge is 0.508 e. The van der Waals surface area contributed by atoms with Crippen LogP contribution in [0.3, 0.4) is 0 Å². The number of urea groups is 2. The van der Waals surface area contributed by atoms with Crippen LogP contribution in [0, 0.1) is 6.92 Å². The normalized spacial score (nSPS) is 10.9. The quantitative estimate of drug-likeness (QED) is 0.201. The standard InChI is InChI=1S/C23H29ClN6O5/c1-16-13-19(7-8-20(16)33)27-21(30(15-32)14-17-3-5-18(24)6-4-17)28-23(35)29(2)11-9-25-22(34)26-10-12-31/h3-8,13,15,31,33H,9-12,14H2,1-2H3,(H2,25,26,34)(H,27,28,35). The summed E-state index contributed by atoms with van der Waals surface area (Å²) in [5.74, 6) is 0.0729. The Morgan fingerprint density at radius 1 is 1.11 bits per heavy atom. The summed E-state index contributed by atoms with van der Waals surface area (Å²) in [7, 11) is 1.52. The molecule has 0 aliphatic rings. The van der Waals surface area contributed by atoms with E-state index in [0.717, 1.165) is 5.56 Å². The fourth-order valence-corrected chi connectivity index (χ4v) is 2.93. The van der Waals surface area contributed by atoms with Gasteiger partial charge in [0.15, 0.2) is 0 Å². The van der Waals surface area contributed by atoms with E-state index in [0.29, 0.717) is 22.7 Å². The third-order valence-electron chi connectivity index (χ3n) is 4.78. The van der Waals surface area contributed by atoms with Crippen molar-refractivity contribution in [3.05, 3.63) is 58.6 Å². The van der Waals surface area contributed by atoms with Gasteiger partial charge < -0.3 is 25.7 Å². The van der Waals surface area contributed by atoms with Gasteiger partial charge in [-0.2, -0.15) is 0 Å². The maximum Gasteiger partial charge on any atom is 0.323 e. The van der Waals surface area contributed by atoms with Gasteiger partial charge in [0, 0.05) is 31.7 Å². The number of carbonyl (C=O) groups is 3. The molecule has 0 fully saturated rings. The molecule has 0 saturated heterocycles. The number of aliphatic hydroxyl groups is 1. The van der Waals surface area contributed by atoms with Crippen molar-refractivity contribution >= 4 is 41.7 Å². The molecule has 0 bridgehead atoms. The smallest absolute Gasteiger partial charge is 0.323 e. The molecule has 0 aliphatic carbocycles. The first-order chi connectivity index (χ1) is 16.7. The number of guanidine groups is 1. The Kier molecular flexibility index (Phi) is 10.8. The van der Waals surface area contributed by atoms with E-state index in [1.165, 1.54) is 22.9 Å². The second-order valence-corrected chi connectivity index (χ2v) is 7.96. The highest BCUT2D eigenvalue weighted by Gasteiger charge is 2.18. The van der Waals surface area contributed by atoms with E-state index < -0.39 is 12.1 Å². The molecular formula is C23H29ClN6O5. The molecule has 11 nitrogen and oxygen atoms in total. The Labute approximate surface area is 208 Å². The molecule has 0 spiro atoms. The zero-order valence-electron chi connectivity index (χ0n) is 19.5. The first-order valence-corrected chi connectivity index (χ1v) is 11.1. The Morgan fingerprint density at radius 3 is 2.43 bits per heavy atom. The van der Waals surface area contributed by atoms with Gasteiger partial charge in [-0.3, -0.25) is 15.0 Å². The first kappa shape index (κ1) is 27.4. The van der Waals surface area contributed by atoms with Crippen molar-refractivity contribution in [1.29, 1.82) is 0 Å². The van der Waals surface area contributed by atoms with Crippen LogP contribution in [0.25, 0.3) is 0 Å². The summed E-state index contributed by atoms with van der Waals surface area (Å²) < 4.78 is 0. The molecular weight excluding hydrogens is 476 g/mol. The van der Waals surface area contributed by atoms with E-state index >= 15 is 0 Å². The van der Waals surface area contributed by atoms with E-state index in [1.807, 2.05) is 0 Å². The fraction of sp³-hybridized carbons (Fsp3) is 0.304. The van der Waals surface area contributed by atoms with Crippen LogP contribution in [0.1, 0.15) is 11.1 Å². The number of aliphatic imine (C=N–C) groups is 1. The molecule has 0 aromatic heterocycles. The van der Waals surface area contributed by atoms with Crippen LogP contribution in [0.15, 0.2) is 47.5 Å². The topological polar surface area (TPSA) is 147 Å². The minimum Gasteiger partial charge on any atom is -0.508 e. The summed E-state index contributed by atoms with van der Waals surface area (Å²) in [6.45, 7) is 2.09. The molecule has 188 valence electrons. The average molecular weight is 505 g/mol. The van der Waals surface area contributed by atoms with E-state index in [4.69, 9.17) is 16.7 Å². The summed E-state index contributed by atoms with van der Waals surface area (Å²) in [5, 5.41) is 26.7. The number of hydrogen-bond donors (Lipinski definition) is 5. The van der Waals surface area contributed by atoms with Gasteiger partial charge in [0.1, 0.15) is 5.75 Å². The third kappa shape index (κ3) is 9.14. The number of rotatable bonds is 9. The lowest BCUT2D eigenvalue weighted by molar-refractivity contribution is -0.115. The molecule has 0 saturated carbocycles. The Bertz CT molecular complexity index is 1050. The van der Waals surface area contributed by atoms with Gasteiger partial charge in [0.2, 0.25) is 12.4 Å². The number of halogens is 1. The highest BCUT2D eigenvalue weighted by Crippen LogP contribution is 2.22. The van der Waals surface area contributed by atoms with Gasteiger partial charge in [-0.25, -0.2) is 14.6 Å². The summed E-state index contributed by atoms with van der Waals surface area (Å²) in [4.78, 5) is 43.3. The van der Waals surface area contributed by atoms with Crippen LogP contribution in [-0.4, -0.2) is 77.7 Å². The minimum absolute atomic E-state index is 0.0227. The number of hydrogen-bond acceptors (Lipinski definition) is 6. The van der Waals surface area contributed by atoms with Crippen molar-refractivity contribution in [2.75, 3.05) is 33.3 Å². The highest BCUT2D eigenvalue weighted by molar-refractivity contribution is 6.30. The minimum atomic E-state index is -0.556. The van der Waals surface area contributed by atoms with Crippen molar-refractivity contribution in [1.82, 2.24) is 25.8 Å². The molecule has 35 heavy (non-hydrogen) atoms. The maximum atomic E-state index is 12.8. The van der Waals surface area contributed by atoms with Crippen LogP contribution < -0.4 is 16.0 Å². The number of likely N-dealkylation sites (N-methyl/N-ethyl adjacent to an activating group) is 1. The lowest BCUT2D eigenvalue weighted by Crippen LogP contribution is -2.49. The number of nitrogens with one attached hydrogen (secondary N) is 3. The van der Waals surface area contributed by atoms with E-state index in [2.05, 4.69) is 20.9 Å². The van der Waals surface area contributed by atoms with Crippen molar-refractivity contribution in [2.45, 2.75) is 13.5 Å². The molecule has 2 aromatic rings. The van der Waals surface area contributed by atoms with Crippen LogP contribution >= 0.6 is 11.6 Å². The van der Waals surface area contributed by atoms with Gasteiger partial charge in [0.25, 0.3) is 0 Å². The molecule has 5 N–H and O–H groups in total. The number of amides is 5. The van der Waals surface area contributed by atoms with Gasteiger partial charge in [-0.1, -0.05) is 23.7 Å². The second-order valence-electron chi connectivity index (χ2n) is 7.52. The first-order valence-electron chi connectivity index (χ1n) is 10.7. The van der Waals surface area contributed by atoms with Gasteiger partial charge in [0.05, 0.1) is 18.8 Å². The molecule has 0 unspecified atom stereocenters. The van der Waals surface area contributed by atoms with Crippen LogP contribution in [0.2, 0.25) is 5.02 Å². The van der Waals surface area contributed by atoms with Crippen LogP contribution in [0.5, 0.6) is 5.75 Å². The third-order valence-corrected chi connectivity index (χ3v) is 5.03. The Hall–Kier alpha value is -3.83. The predicted octanol–water partition coefficient (Wildman–Crippen LogP) is 1.93. The molecule has 0 heterocycles. The van der Waals surface area contributed by atoms with Gasteiger partial charge >= 0.3 is 12.1 Å². The molecule has 0 radical (unpaired) electrons. The zero-order chi connectivity index (χ0) is 25.8. The summed E-state index contributed by atoms with van der Waals surface area (Å²) in [6.07, 6.45) is 0.550. The van der Waals surface area contributed by atoms with Crippen molar-refractivity contribution in [2.24, 2.45) is 4.99 Å². The number of nitrogens with zero attached hydrogens (tertiary/aromatic N) is 3. The SMILES string of the molecule is Cc1cc(N=C(NC(=O)N(C)CCNC(=O)NCCO)N(C=O)Cc2ccc(Cl)cc2)ccc1O. The van der Waals surface area contributed by atoms with Crippen molar-refractivity contribution in [3.63, 3.8) is 0 Å². The molecule has 2 aromatic carbocycles. The average Bonchev–Trinajstić information content (AvgIpc) is 2.84. The molecule has 0 aliphatic heterocycles. The predicted molar refractivity (Wildman–Crippen MR) is 133 cm³/mol. The zero-order valence-corrected chi connectivity index (χ0v) is 20.2. The van der Waals surface area contributed by atoms with E-state index in [9.17, 15) is 19.5 Å². The molecule has 0 atom stereocenters. The number of aryl methyl sites for hydroxylation is 1. The Balaban J connectivity index is 2.17. The molecule has 2 rings (SSSR count). The summed E-state index contributed by atoms with van der Waals surface area (Å²) in [5.41, 5.74) is 1.76. The lowest BCUT2D eigenvalue weighted by atomic mass is 10.2. The number of phenolic OH excluding ortho intramolecular Hbond substituents is 1. The van der Waals surface area contributed by atoms with Crippen molar-refractivity contribution in [3.8, 4) is 5.75 Å². The number of benzene rings is 2. The number of aliphatic hydroxyl groups excluding tert-OH is 1. The number of carbonyl (C=O) groups excluding carboxylic acids is 3. The lowest BCUT2D eigenvalue weighted by Gasteiger charge is -2.24. The van der Waals surface area contributed by atoms with Gasteiger partial charge in [-0.15, -0.1) is 0 Å². The van der Waals surface area contributed by atoms with Crippen LogP contribution in [0.4, 0.5) is 15.3 Å². The monoisotopic (exact) mass is 504 g/mol. The second kappa shape index (κ2) is 13.8. The maximum absolute atomic E-state index is 12.8. The van der Waals surface area contributed by atoms with Crippen molar-refractivity contribution < 1.29 is 24.6 Å². The highest BCUT2D eigenvalue weighted by atomic mass is 35.5. The fourth-order valence-electron chi connectivity index (χ4n) is 2.81. The Morgan fingerprint density at radius 2 is 1.80 bits per heavy atom. The number of aromatic hydroxyl groups is 1. The summed E-state index contributed by atoms with van der Waals surface area (Å²) >= 11 is 5.94. The molecule has 5 amide bonds. The van der Waals surface area contributed by atoms with E-state index in [1.54, 1.807) is 43.3 Å². The molecule has 12 heteroatoms. The van der Waals surface area contributed by atoms with Crippen LogP contribution in [-0.2, 0) is 11.3 Å².